The number of nitrogens with one attached hydrogen (secondary N) is 2. The van der Waals surface area contributed by atoms with Crippen molar-refractivity contribution in [2.75, 3.05) is 6.54 Å². The second-order valence-electron chi connectivity index (χ2n) is 7.08. The molecule has 1 saturated carbocycles. The van der Waals surface area contributed by atoms with Crippen LogP contribution in [-0.2, 0) is 27.2 Å². The van der Waals surface area contributed by atoms with Crippen LogP contribution in [0.15, 0.2) is 35.8 Å². The number of aliphatic hydroxyl groups is 1. The van der Waals surface area contributed by atoms with Crippen LogP contribution >= 0.6 is 11.3 Å². The van der Waals surface area contributed by atoms with Crippen molar-refractivity contribution in [3.8, 4) is 0 Å². The molecule has 1 fully saturated rings. The van der Waals surface area contributed by atoms with Crippen LogP contribution in [0.3, 0.4) is 0 Å². The van der Waals surface area contributed by atoms with Gasteiger partial charge in [0.15, 0.2) is 0 Å². The lowest BCUT2D eigenvalue weighted by Crippen LogP contribution is -2.40. The van der Waals surface area contributed by atoms with E-state index in [9.17, 15) is 14.7 Å². The average Bonchev–Trinajstić information content (AvgIpc) is 3.29. The summed E-state index contributed by atoms with van der Waals surface area (Å²) in [7, 11) is 0. The molecule has 8 nitrogen and oxygen atoms in total. The summed E-state index contributed by atoms with van der Waals surface area (Å²) in [5.74, 6) is -0.465. The standard InChI is InChI=1S/C20H25N3O3S.CH2O2/c1-13-18(27-12-22-13)7-8-21-20(26)15-10-16(17(24)11-15)23-19(25)9-14-5-3-2-4-6-14;2-1-3/h2-6,12,15-17,24H,7-11H2,1H3,(H,21,26)(H,23,25);1H,(H,2,3)/t15-,16+,17+;/m0./s1. The van der Waals surface area contributed by atoms with Crippen molar-refractivity contribution in [1.82, 2.24) is 15.6 Å². The first-order valence-electron chi connectivity index (χ1n) is 9.70. The summed E-state index contributed by atoms with van der Waals surface area (Å²) in [5.41, 5.74) is 3.74. The van der Waals surface area contributed by atoms with Crippen LogP contribution in [0.4, 0.5) is 0 Å². The Kier molecular flexibility index (Phi) is 9.43. The van der Waals surface area contributed by atoms with Gasteiger partial charge in [-0.25, -0.2) is 4.98 Å². The van der Waals surface area contributed by atoms with Crippen molar-refractivity contribution in [3.05, 3.63) is 52.0 Å². The smallest absolute Gasteiger partial charge is 0.290 e. The zero-order valence-electron chi connectivity index (χ0n) is 16.8. The third-order valence-corrected chi connectivity index (χ3v) is 5.94. The van der Waals surface area contributed by atoms with Gasteiger partial charge in [0.2, 0.25) is 11.8 Å². The van der Waals surface area contributed by atoms with Crippen molar-refractivity contribution >= 4 is 29.6 Å². The van der Waals surface area contributed by atoms with Crippen LogP contribution in [0, 0.1) is 12.8 Å². The van der Waals surface area contributed by atoms with E-state index >= 15 is 0 Å². The van der Waals surface area contributed by atoms with Gasteiger partial charge < -0.3 is 20.8 Å². The van der Waals surface area contributed by atoms with Gasteiger partial charge in [-0.3, -0.25) is 14.4 Å². The molecule has 4 N–H and O–H groups in total. The Hall–Kier alpha value is -2.78. The first-order valence-corrected chi connectivity index (χ1v) is 10.6. The van der Waals surface area contributed by atoms with Crippen LogP contribution in [0.1, 0.15) is 29.0 Å². The highest BCUT2D eigenvalue weighted by atomic mass is 32.1. The molecular weight excluding hydrogens is 406 g/mol. The minimum atomic E-state index is -0.691. The molecule has 0 bridgehead atoms. The highest BCUT2D eigenvalue weighted by molar-refractivity contribution is 7.09. The van der Waals surface area contributed by atoms with Crippen molar-refractivity contribution in [2.45, 2.75) is 44.8 Å². The molecule has 0 radical (unpaired) electrons. The molecule has 3 atom stereocenters. The van der Waals surface area contributed by atoms with E-state index in [-0.39, 0.29) is 36.7 Å². The maximum absolute atomic E-state index is 12.4. The summed E-state index contributed by atoms with van der Waals surface area (Å²) in [5, 5.41) is 22.9. The van der Waals surface area contributed by atoms with E-state index in [0.717, 1.165) is 17.7 Å². The number of aromatic nitrogens is 1. The van der Waals surface area contributed by atoms with E-state index in [1.54, 1.807) is 11.3 Å². The predicted octanol–water partition coefficient (Wildman–Crippen LogP) is 1.31. The van der Waals surface area contributed by atoms with Gasteiger partial charge in [0.1, 0.15) is 0 Å². The van der Waals surface area contributed by atoms with Crippen LogP contribution in [0.2, 0.25) is 0 Å². The van der Waals surface area contributed by atoms with Crippen LogP contribution in [-0.4, -0.2) is 52.2 Å². The lowest BCUT2D eigenvalue weighted by Gasteiger charge is -2.16. The Morgan fingerprint density at radius 2 is 1.97 bits per heavy atom. The normalized spacial score (nSPS) is 20.0. The fourth-order valence-corrected chi connectivity index (χ4v) is 4.21. The van der Waals surface area contributed by atoms with Gasteiger partial charge in [0, 0.05) is 23.8 Å². The largest absolute Gasteiger partial charge is 0.483 e. The molecule has 30 heavy (non-hydrogen) atoms. The van der Waals surface area contributed by atoms with Gasteiger partial charge in [-0.05, 0) is 25.3 Å². The van der Waals surface area contributed by atoms with Gasteiger partial charge in [0.05, 0.1) is 29.8 Å². The lowest BCUT2D eigenvalue weighted by molar-refractivity contribution is -0.125. The van der Waals surface area contributed by atoms with Gasteiger partial charge in [-0.1, -0.05) is 30.3 Å². The fraction of sp³-hybridized carbons (Fsp3) is 0.429. The molecule has 0 spiro atoms. The number of benzene rings is 1. The Morgan fingerprint density at radius 3 is 2.60 bits per heavy atom. The zero-order valence-corrected chi connectivity index (χ0v) is 17.6. The number of aryl methyl sites for hydroxylation is 1. The number of carbonyl (C=O) groups is 3. The molecule has 1 aromatic carbocycles. The molecule has 2 aromatic rings. The average molecular weight is 434 g/mol. The lowest BCUT2D eigenvalue weighted by atomic mass is 10.1. The number of carbonyl (C=O) groups excluding carboxylic acids is 2. The molecule has 1 aromatic heterocycles. The highest BCUT2D eigenvalue weighted by Gasteiger charge is 2.37. The molecule has 9 heteroatoms. The van der Waals surface area contributed by atoms with Gasteiger partial charge in [-0.15, -0.1) is 11.3 Å². The molecular formula is C21H27N3O5S. The Bertz CT molecular complexity index is 827. The maximum Gasteiger partial charge on any atom is 0.290 e. The number of amides is 2. The fourth-order valence-electron chi connectivity index (χ4n) is 3.43. The summed E-state index contributed by atoms with van der Waals surface area (Å²) < 4.78 is 0. The number of rotatable bonds is 7. The summed E-state index contributed by atoms with van der Waals surface area (Å²) in [6.45, 7) is 2.27. The number of hydrogen-bond donors (Lipinski definition) is 4. The SMILES string of the molecule is Cc1ncsc1CCNC(=O)[C@@H]1C[C@@H](O)[C@H](NC(=O)Cc2ccccc2)C1.O=CO. The van der Waals surface area contributed by atoms with Crippen LogP contribution in [0.5, 0.6) is 0 Å². The molecule has 1 aliphatic rings. The molecule has 0 aliphatic heterocycles. The molecule has 2 amide bonds. The van der Waals surface area contributed by atoms with E-state index in [4.69, 9.17) is 9.90 Å². The number of aliphatic hydroxyl groups excluding tert-OH is 1. The van der Waals surface area contributed by atoms with Crippen LogP contribution in [0.25, 0.3) is 0 Å². The minimum Gasteiger partial charge on any atom is -0.483 e. The Labute approximate surface area is 179 Å². The summed E-state index contributed by atoms with van der Waals surface area (Å²) in [6.07, 6.45) is 1.18. The molecule has 3 rings (SSSR count). The van der Waals surface area contributed by atoms with Crippen molar-refractivity contribution in [3.63, 3.8) is 0 Å². The zero-order chi connectivity index (χ0) is 21.9. The number of hydrogen-bond acceptors (Lipinski definition) is 6. The van der Waals surface area contributed by atoms with Gasteiger partial charge in [-0.2, -0.15) is 0 Å². The second kappa shape index (κ2) is 12.0. The monoisotopic (exact) mass is 433 g/mol. The van der Waals surface area contributed by atoms with Gasteiger partial charge >= 0.3 is 0 Å². The number of carboxylic acid groups (broad SMARTS) is 1. The molecule has 1 aliphatic carbocycles. The number of nitrogens with zero attached hydrogens (tertiary/aromatic N) is 1. The van der Waals surface area contributed by atoms with Crippen molar-refractivity contribution in [1.29, 1.82) is 0 Å². The Balaban J connectivity index is 0.00000101. The third-order valence-electron chi connectivity index (χ3n) is 4.95. The first-order chi connectivity index (χ1) is 14.4. The van der Waals surface area contributed by atoms with E-state index in [0.29, 0.717) is 19.4 Å². The Morgan fingerprint density at radius 1 is 1.27 bits per heavy atom. The summed E-state index contributed by atoms with van der Waals surface area (Å²) in [6, 6.07) is 9.10. The van der Waals surface area contributed by atoms with E-state index in [1.807, 2.05) is 42.8 Å². The van der Waals surface area contributed by atoms with E-state index in [2.05, 4.69) is 15.6 Å². The van der Waals surface area contributed by atoms with Crippen LogP contribution < -0.4 is 10.6 Å². The summed E-state index contributed by atoms with van der Waals surface area (Å²) in [4.78, 5) is 38.3. The number of thiazole rings is 1. The third kappa shape index (κ3) is 7.23. The van der Waals surface area contributed by atoms with E-state index in [1.165, 1.54) is 4.88 Å². The van der Waals surface area contributed by atoms with Crippen molar-refractivity contribution in [2.24, 2.45) is 5.92 Å². The maximum atomic E-state index is 12.4. The topological polar surface area (TPSA) is 129 Å². The van der Waals surface area contributed by atoms with E-state index < -0.39 is 6.10 Å². The molecule has 162 valence electrons. The summed E-state index contributed by atoms with van der Waals surface area (Å²) >= 11 is 1.59. The quantitative estimate of drug-likeness (QED) is 0.488. The first kappa shape index (κ1) is 23.5. The second-order valence-corrected chi connectivity index (χ2v) is 8.02. The van der Waals surface area contributed by atoms with Gasteiger partial charge in [0.25, 0.3) is 6.47 Å². The minimum absolute atomic E-state index is 0.0592. The van der Waals surface area contributed by atoms with Crippen molar-refractivity contribution < 1.29 is 24.6 Å². The molecule has 1 heterocycles. The highest BCUT2D eigenvalue weighted by Crippen LogP contribution is 2.26. The predicted molar refractivity (Wildman–Crippen MR) is 113 cm³/mol. The molecule has 0 unspecified atom stereocenters. The molecule has 0 saturated heterocycles.